The molecule has 2 aliphatic rings. The highest BCUT2D eigenvalue weighted by atomic mass is 16.6. The lowest BCUT2D eigenvalue weighted by Gasteiger charge is -2.17. The van der Waals surface area contributed by atoms with Gasteiger partial charge in [0.05, 0.1) is 6.10 Å². The Morgan fingerprint density at radius 3 is 2.77 bits per heavy atom. The lowest BCUT2D eigenvalue weighted by molar-refractivity contribution is 0.289. The monoisotopic (exact) mass is 174 g/mol. The van der Waals surface area contributed by atoms with Crippen LogP contribution in [0.15, 0.2) is 30.3 Å². The Balaban J connectivity index is 1.94. The lowest BCUT2D eigenvalue weighted by Crippen LogP contribution is -2.16. The summed E-state index contributed by atoms with van der Waals surface area (Å²) < 4.78 is 5.85. The molecule has 1 aromatic rings. The molecule has 2 fully saturated rings. The molecule has 1 saturated carbocycles. The third-order valence-electron chi connectivity index (χ3n) is 3.34. The second kappa shape index (κ2) is 2.58. The molecule has 68 valence electrons. The summed E-state index contributed by atoms with van der Waals surface area (Å²) in [6.45, 7) is 0. The van der Waals surface area contributed by atoms with Crippen molar-refractivity contribution in [2.24, 2.45) is 0 Å². The molecule has 0 aromatic heterocycles. The highest BCUT2D eigenvalue weighted by molar-refractivity contribution is 5.29. The van der Waals surface area contributed by atoms with Gasteiger partial charge in [0.2, 0.25) is 0 Å². The number of benzene rings is 1. The van der Waals surface area contributed by atoms with E-state index in [1.54, 1.807) is 0 Å². The van der Waals surface area contributed by atoms with E-state index in [1.165, 1.54) is 31.2 Å². The summed E-state index contributed by atoms with van der Waals surface area (Å²) in [7, 11) is 0. The number of rotatable bonds is 1. The summed E-state index contributed by atoms with van der Waals surface area (Å²) >= 11 is 0. The zero-order valence-corrected chi connectivity index (χ0v) is 7.70. The Bertz CT molecular complexity index is 306. The van der Waals surface area contributed by atoms with E-state index in [-0.39, 0.29) is 5.60 Å². The van der Waals surface area contributed by atoms with E-state index in [0.29, 0.717) is 6.10 Å². The average Bonchev–Trinajstić information content (AvgIpc) is 2.94. The smallest absolute Gasteiger partial charge is 0.120 e. The molecule has 0 unspecified atom stereocenters. The molecule has 13 heavy (non-hydrogen) atoms. The largest absolute Gasteiger partial charge is 0.361 e. The number of hydrogen-bond acceptors (Lipinski definition) is 1. The van der Waals surface area contributed by atoms with Gasteiger partial charge in [-0.25, -0.2) is 0 Å². The van der Waals surface area contributed by atoms with Crippen molar-refractivity contribution in [3.63, 3.8) is 0 Å². The first kappa shape index (κ1) is 7.57. The maximum absolute atomic E-state index is 5.85. The minimum absolute atomic E-state index is 0.138. The van der Waals surface area contributed by atoms with Gasteiger partial charge in [0.25, 0.3) is 0 Å². The van der Waals surface area contributed by atoms with Crippen LogP contribution in [0.3, 0.4) is 0 Å². The average molecular weight is 174 g/mol. The third kappa shape index (κ3) is 1.03. The van der Waals surface area contributed by atoms with Gasteiger partial charge in [-0.1, -0.05) is 43.2 Å². The van der Waals surface area contributed by atoms with Gasteiger partial charge in [0.1, 0.15) is 5.60 Å². The van der Waals surface area contributed by atoms with Gasteiger partial charge in [0, 0.05) is 0 Å². The number of epoxide rings is 1. The second-order valence-electron chi connectivity index (χ2n) is 4.11. The molecule has 3 rings (SSSR count). The van der Waals surface area contributed by atoms with Gasteiger partial charge in [-0.3, -0.25) is 0 Å². The maximum atomic E-state index is 5.85. The highest BCUT2D eigenvalue weighted by Crippen LogP contribution is 2.54. The molecule has 1 aliphatic carbocycles. The van der Waals surface area contributed by atoms with Crippen LogP contribution in [0, 0.1) is 0 Å². The molecular formula is C12H14O. The summed E-state index contributed by atoms with van der Waals surface area (Å²) in [6, 6.07) is 10.7. The van der Waals surface area contributed by atoms with Crippen molar-refractivity contribution in [2.45, 2.75) is 37.4 Å². The molecule has 1 aromatic carbocycles. The Kier molecular flexibility index (Phi) is 1.50. The molecule has 1 saturated heterocycles. The van der Waals surface area contributed by atoms with Crippen LogP contribution in [0.1, 0.15) is 31.2 Å². The predicted octanol–water partition coefficient (Wildman–Crippen LogP) is 2.85. The quantitative estimate of drug-likeness (QED) is 0.596. The minimum atomic E-state index is 0.138. The van der Waals surface area contributed by atoms with E-state index >= 15 is 0 Å². The van der Waals surface area contributed by atoms with E-state index < -0.39 is 0 Å². The maximum Gasteiger partial charge on any atom is 0.120 e. The van der Waals surface area contributed by atoms with Gasteiger partial charge in [0.15, 0.2) is 0 Å². The number of ether oxygens (including phenoxy) is 1. The van der Waals surface area contributed by atoms with Crippen LogP contribution in [0.4, 0.5) is 0 Å². The fourth-order valence-electron chi connectivity index (χ4n) is 2.57. The summed E-state index contributed by atoms with van der Waals surface area (Å²) in [5, 5.41) is 0. The molecule has 0 spiro atoms. The Labute approximate surface area is 78.7 Å². The van der Waals surface area contributed by atoms with Gasteiger partial charge >= 0.3 is 0 Å². The Hall–Kier alpha value is -0.820. The first-order valence-corrected chi connectivity index (χ1v) is 5.15. The van der Waals surface area contributed by atoms with Crippen LogP contribution in [0.25, 0.3) is 0 Å². The summed E-state index contributed by atoms with van der Waals surface area (Å²) in [4.78, 5) is 0. The molecule has 1 nitrogen and oxygen atoms in total. The van der Waals surface area contributed by atoms with Gasteiger partial charge in [-0.15, -0.1) is 0 Å². The first-order chi connectivity index (χ1) is 6.42. The number of fused-ring (bicyclic) bond motifs is 1. The van der Waals surface area contributed by atoms with Gasteiger partial charge < -0.3 is 4.74 Å². The molecule has 0 amide bonds. The molecule has 0 bridgehead atoms. The van der Waals surface area contributed by atoms with Crippen LogP contribution in [-0.2, 0) is 10.3 Å². The van der Waals surface area contributed by atoms with E-state index in [4.69, 9.17) is 4.74 Å². The van der Waals surface area contributed by atoms with Crippen LogP contribution in [0.5, 0.6) is 0 Å². The van der Waals surface area contributed by atoms with Crippen molar-refractivity contribution in [3.05, 3.63) is 35.9 Å². The Morgan fingerprint density at radius 2 is 2.00 bits per heavy atom. The Morgan fingerprint density at radius 1 is 1.15 bits per heavy atom. The molecule has 1 heteroatoms. The second-order valence-corrected chi connectivity index (χ2v) is 4.11. The van der Waals surface area contributed by atoms with Gasteiger partial charge in [-0.2, -0.15) is 0 Å². The SMILES string of the molecule is c1ccc([C@@]23CCCC[C@H]2O3)cc1. The third-order valence-corrected chi connectivity index (χ3v) is 3.34. The molecule has 1 heterocycles. The predicted molar refractivity (Wildman–Crippen MR) is 51.5 cm³/mol. The van der Waals surface area contributed by atoms with Gasteiger partial charge in [-0.05, 0) is 18.4 Å². The molecule has 2 atom stereocenters. The summed E-state index contributed by atoms with van der Waals surface area (Å²) in [6.07, 6.45) is 5.69. The molecular weight excluding hydrogens is 160 g/mol. The van der Waals surface area contributed by atoms with Crippen molar-refractivity contribution in [1.82, 2.24) is 0 Å². The normalized spacial score (nSPS) is 36.8. The standard InChI is InChI=1S/C12H14O/c1-2-6-10(7-3-1)12-9-5-4-8-11(12)13-12/h1-3,6-7,11H,4-5,8-9H2/t11-,12+/m1/s1. The van der Waals surface area contributed by atoms with Crippen LogP contribution >= 0.6 is 0 Å². The highest BCUT2D eigenvalue weighted by Gasteiger charge is 2.57. The summed E-state index contributed by atoms with van der Waals surface area (Å²) in [5.74, 6) is 0. The molecule has 0 radical (unpaired) electrons. The fraction of sp³-hybridized carbons (Fsp3) is 0.500. The zero-order chi connectivity index (χ0) is 8.73. The number of hydrogen-bond donors (Lipinski definition) is 0. The van der Waals surface area contributed by atoms with E-state index in [0.717, 1.165) is 0 Å². The molecule has 0 N–H and O–H groups in total. The minimum Gasteiger partial charge on any atom is -0.361 e. The van der Waals surface area contributed by atoms with E-state index in [2.05, 4.69) is 30.3 Å². The zero-order valence-electron chi connectivity index (χ0n) is 7.70. The first-order valence-electron chi connectivity index (χ1n) is 5.15. The summed E-state index contributed by atoms with van der Waals surface area (Å²) in [5.41, 5.74) is 1.53. The lowest BCUT2D eigenvalue weighted by atomic mass is 9.84. The van der Waals surface area contributed by atoms with Crippen molar-refractivity contribution >= 4 is 0 Å². The molecule has 1 aliphatic heterocycles. The van der Waals surface area contributed by atoms with Crippen molar-refractivity contribution in [1.29, 1.82) is 0 Å². The van der Waals surface area contributed by atoms with Crippen molar-refractivity contribution < 1.29 is 4.74 Å². The van der Waals surface area contributed by atoms with E-state index in [9.17, 15) is 0 Å². The van der Waals surface area contributed by atoms with Crippen LogP contribution < -0.4 is 0 Å². The van der Waals surface area contributed by atoms with Crippen molar-refractivity contribution in [2.75, 3.05) is 0 Å². The fourth-order valence-corrected chi connectivity index (χ4v) is 2.57. The van der Waals surface area contributed by atoms with E-state index in [1.807, 2.05) is 0 Å². The topological polar surface area (TPSA) is 12.5 Å². The van der Waals surface area contributed by atoms with Crippen molar-refractivity contribution in [3.8, 4) is 0 Å². The van der Waals surface area contributed by atoms with Crippen LogP contribution in [-0.4, -0.2) is 6.10 Å². The van der Waals surface area contributed by atoms with Crippen LogP contribution in [0.2, 0.25) is 0 Å².